The van der Waals surface area contributed by atoms with Crippen molar-refractivity contribution in [2.24, 2.45) is 5.92 Å². The average Bonchev–Trinajstić information content (AvgIpc) is 2.40. The Labute approximate surface area is 132 Å². The van der Waals surface area contributed by atoms with Gasteiger partial charge in [0.15, 0.2) is 0 Å². The molecule has 1 aromatic heterocycles. The minimum atomic E-state index is -1.14. The summed E-state index contributed by atoms with van der Waals surface area (Å²) in [6, 6.07) is 11.8. The molecule has 118 valence electrons. The van der Waals surface area contributed by atoms with Crippen LogP contribution in [0.5, 0.6) is 0 Å². The molecule has 3 nitrogen and oxygen atoms in total. The summed E-state index contributed by atoms with van der Waals surface area (Å²) < 4.78 is 1.78. The second-order valence-electron chi connectivity index (χ2n) is 6.87. The number of hydrogen-bond donors (Lipinski definition) is 1. The molecule has 0 bridgehead atoms. The van der Waals surface area contributed by atoms with Gasteiger partial charge in [0.2, 0.25) is 0 Å². The van der Waals surface area contributed by atoms with Gasteiger partial charge < -0.3 is 9.67 Å². The van der Waals surface area contributed by atoms with Gasteiger partial charge in [-0.1, -0.05) is 43.7 Å². The third-order valence-electron chi connectivity index (χ3n) is 3.73. The van der Waals surface area contributed by atoms with Crippen LogP contribution >= 0.6 is 0 Å². The first-order chi connectivity index (χ1) is 10.2. The number of aryl methyl sites for hydroxylation is 1. The van der Waals surface area contributed by atoms with E-state index in [0.717, 1.165) is 11.3 Å². The largest absolute Gasteiger partial charge is 0.386 e. The van der Waals surface area contributed by atoms with Gasteiger partial charge in [0.05, 0.1) is 11.3 Å². The molecule has 1 heterocycles. The number of aliphatic hydroxyl groups is 1. The molecular weight excluding hydrogens is 274 g/mol. The molecule has 0 atom stereocenters. The van der Waals surface area contributed by atoms with Gasteiger partial charge in [-0.3, -0.25) is 4.79 Å². The Morgan fingerprint density at radius 1 is 1.09 bits per heavy atom. The van der Waals surface area contributed by atoms with Crippen LogP contribution in [-0.4, -0.2) is 9.67 Å². The second-order valence-corrected chi connectivity index (χ2v) is 6.87. The normalized spacial score (nSPS) is 12.0. The Hall–Kier alpha value is -1.87. The Morgan fingerprint density at radius 3 is 2.18 bits per heavy atom. The Balaban J connectivity index is 2.66. The van der Waals surface area contributed by atoms with E-state index >= 15 is 0 Å². The van der Waals surface area contributed by atoms with Crippen LogP contribution in [0.15, 0.2) is 41.2 Å². The molecule has 0 amide bonds. The van der Waals surface area contributed by atoms with Gasteiger partial charge >= 0.3 is 0 Å². The average molecular weight is 299 g/mol. The Kier molecular flexibility index (Phi) is 4.57. The predicted octanol–water partition coefficient (Wildman–Crippen LogP) is 3.71. The summed E-state index contributed by atoms with van der Waals surface area (Å²) in [5.41, 5.74) is 2.29. The molecule has 0 spiro atoms. The van der Waals surface area contributed by atoms with E-state index in [1.807, 2.05) is 37.3 Å². The molecule has 0 aliphatic heterocycles. The highest BCUT2D eigenvalue weighted by Crippen LogP contribution is 2.23. The van der Waals surface area contributed by atoms with Crippen LogP contribution in [0, 0.1) is 12.8 Å². The third-order valence-corrected chi connectivity index (χ3v) is 3.73. The highest BCUT2D eigenvalue weighted by atomic mass is 16.3. The molecule has 0 aliphatic rings. The molecule has 0 saturated carbocycles. The Bertz CT molecular complexity index is 704. The molecule has 0 radical (unpaired) electrons. The van der Waals surface area contributed by atoms with Gasteiger partial charge in [0.1, 0.15) is 0 Å². The number of benzene rings is 1. The van der Waals surface area contributed by atoms with E-state index < -0.39 is 5.60 Å². The fourth-order valence-corrected chi connectivity index (χ4v) is 2.57. The quantitative estimate of drug-likeness (QED) is 0.935. The summed E-state index contributed by atoms with van der Waals surface area (Å²) in [6.07, 6.45) is 0. The zero-order chi connectivity index (χ0) is 16.5. The fraction of sp³-hybridized carbons (Fsp3) is 0.421. The summed E-state index contributed by atoms with van der Waals surface area (Å²) in [4.78, 5) is 12.8. The molecule has 0 saturated heterocycles. The third kappa shape index (κ3) is 3.47. The summed E-state index contributed by atoms with van der Waals surface area (Å²) in [7, 11) is 0. The minimum absolute atomic E-state index is 0.112. The smallest absolute Gasteiger partial charge is 0.257 e. The topological polar surface area (TPSA) is 42.2 Å². The molecule has 22 heavy (non-hydrogen) atoms. The van der Waals surface area contributed by atoms with E-state index in [1.165, 1.54) is 5.56 Å². The molecule has 2 aromatic rings. The standard InChI is InChI=1S/C19H25NO2/c1-13(2)12-20-17(15-8-6-14(3)7-9-15)11-10-16(18(20)21)19(4,5)22/h6-11,13,22H,12H2,1-5H3. The van der Waals surface area contributed by atoms with E-state index in [4.69, 9.17) is 0 Å². The van der Waals surface area contributed by atoms with Crippen molar-refractivity contribution in [2.75, 3.05) is 0 Å². The van der Waals surface area contributed by atoms with E-state index in [-0.39, 0.29) is 5.56 Å². The fourth-order valence-electron chi connectivity index (χ4n) is 2.57. The number of pyridine rings is 1. The van der Waals surface area contributed by atoms with Crippen LogP contribution in [0.25, 0.3) is 11.3 Å². The molecule has 2 rings (SSSR count). The number of nitrogens with zero attached hydrogens (tertiary/aromatic N) is 1. The van der Waals surface area contributed by atoms with E-state index in [9.17, 15) is 9.90 Å². The summed E-state index contributed by atoms with van der Waals surface area (Å²) in [6.45, 7) is 10.1. The van der Waals surface area contributed by atoms with Crippen LogP contribution in [0.3, 0.4) is 0 Å². The molecular formula is C19H25NO2. The summed E-state index contributed by atoms with van der Waals surface area (Å²) in [5.74, 6) is 0.346. The zero-order valence-corrected chi connectivity index (χ0v) is 14.1. The lowest BCUT2D eigenvalue weighted by molar-refractivity contribution is 0.0764. The van der Waals surface area contributed by atoms with Gasteiger partial charge in [0.25, 0.3) is 5.56 Å². The zero-order valence-electron chi connectivity index (χ0n) is 14.1. The molecule has 1 N–H and O–H groups in total. The van der Waals surface area contributed by atoms with Crippen LogP contribution in [0.4, 0.5) is 0 Å². The van der Waals surface area contributed by atoms with Crippen molar-refractivity contribution in [1.82, 2.24) is 4.57 Å². The lowest BCUT2D eigenvalue weighted by atomic mass is 9.98. The lowest BCUT2D eigenvalue weighted by Crippen LogP contribution is -2.33. The summed E-state index contributed by atoms with van der Waals surface area (Å²) >= 11 is 0. The first-order valence-corrected chi connectivity index (χ1v) is 7.74. The molecule has 3 heteroatoms. The van der Waals surface area contributed by atoms with Crippen molar-refractivity contribution in [3.8, 4) is 11.3 Å². The van der Waals surface area contributed by atoms with Crippen molar-refractivity contribution < 1.29 is 5.11 Å². The highest BCUT2D eigenvalue weighted by molar-refractivity contribution is 5.60. The SMILES string of the molecule is Cc1ccc(-c2ccc(C(C)(C)O)c(=O)n2CC(C)C)cc1. The van der Waals surface area contributed by atoms with E-state index in [0.29, 0.717) is 18.0 Å². The van der Waals surface area contributed by atoms with Crippen molar-refractivity contribution in [2.45, 2.75) is 46.8 Å². The van der Waals surface area contributed by atoms with Crippen LogP contribution in [0.2, 0.25) is 0 Å². The van der Waals surface area contributed by atoms with E-state index in [1.54, 1.807) is 24.5 Å². The van der Waals surface area contributed by atoms with Gasteiger partial charge in [-0.05, 0) is 44.4 Å². The van der Waals surface area contributed by atoms with Crippen molar-refractivity contribution in [1.29, 1.82) is 0 Å². The second kappa shape index (κ2) is 6.09. The van der Waals surface area contributed by atoms with Crippen molar-refractivity contribution in [3.05, 3.63) is 57.9 Å². The maximum absolute atomic E-state index is 12.8. The van der Waals surface area contributed by atoms with Crippen LogP contribution < -0.4 is 5.56 Å². The van der Waals surface area contributed by atoms with Gasteiger partial charge in [-0.15, -0.1) is 0 Å². The maximum atomic E-state index is 12.8. The minimum Gasteiger partial charge on any atom is -0.386 e. The van der Waals surface area contributed by atoms with Gasteiger partial charge in [-0.25, -0.2) is 0 Å². The number of rotatable bonds is 4. The Morgan fingerprint density at radius 2 is 1.68 bits per heavy atom. The summed E-state index contributed by atoms with van der Waals surface area (Å²) in [5, 5.41) is 10.2. The highest BCUT2D eigenvalue weighted by Gasteiger charge is 2.22. The molecule has 0 unspecified atom stereocenters. The predicted molar refractivity (Wildman–Crippen MR) is 91.0 cm³/mol. The first kappa shape index (κ1) is 16.5. The first-order valence-electron chi connectivity index (χ1n) is 7.74. The van der Waals surface area contributed by atoms with Gasteiger partial charge in [-0.2, -0.15) is 0 Å². The van der Waals surface area contributed by atoms with Crippen LogP contribution in [-0.2, 0) is 12.1 Å². The lowest BCUT2D eigenvalue weighted by Gasteiger charge is -2.22. The van der Waals surface area contributed by atoms with E-state index in [2.05, 4.69) is 13.8 Å². The number of aromatic nitrogens is 1. The number of hydrogen-bond acceptors (Lipinski definition) is 2. The molecule has 1 aromatic carbocycles. The van der Waals surface area contributed by atoms with Crippen molar-refractivity contribution >= 4 is 0 Å². The maximum Gasteiger partial charge on any atom is 0.257 e. The van der Waals surface area contributed by atoms with Gasteiger partial charge in [0, 0.05) is 12.1 Å². The molecule has 0 aliphatic carbocycles. The van der Waals surface area contributed by atoms with Crippen molar-refractivity contribution in [3.63, 3.8) is 0 Å². The van der Waals surface area contributed by atoms with Crippen LogP contribution in [0.1, 0.15) is 38.8 Å². The molecule has 0 fully saturated rings. The monoisotopic (exact) mass is 299 g/mol.